The fraction of sp³-hybridized carbons (Fsp3) is 0.308. The zero-order valence-electron chi connectivity index (χ0n) is 10.5. The first-order valence-electron chi connectivity index (χ1n) is 6.22. The van der Waals surface area contributed by atoms with Crippen molar-refractivity contribution >= 4 is 37.4 Å². The van der Waals surface area contributed by atoms with Crippen LogP contribution in [0.2, 0.25) is 0 Å². The Hall–Kier alpha value is -1.44. The van der Waals surface area contributed by atoms with Crippen molar-refractivity contribution in [3.8, 4) is 0 Å². The molecule has 2 heterocycles. The molecule has 106 valence electrons. The highest BCUT2D eigenvalue weighted by Gasteiger charge is 2.40. The molecule has 1 N–H and O–H groups in total. The average Bonchev–Trinajstić information content (AvgIpc) is 3.06. The number of benzene rings is 1. The van der Waals surface area contributed by atoms with Crippen LogP contribution in [-0.4, -0.2) is 36.4 Å². The van der Waals surface area contributed by atoms with Crippen LogP contribution in [0.1, 0.15) is 12.8 Å². The standard InChI is InChI=1S/C13H13NO4S2/c15-13(16)10-5-3-7-14(10)20(17,18)12-8-19-11-6-2-1-4-9(11)12/h1-2,4,6,8,10H,3,5,7H2,(H,15,16)/t10-/m0/s1. The normalized spacial score (nSPS) is 20.5. The Labute approximate surface area is 120 Å². The molecular weight excluding hydrogens is 298 g/mol. The minimum atomic E-state index is -3.75. The van der Waals surface area contributed by atoms with Gasteiger partial charge in [-0.2, -0.15) is 4.31 Å². The van der Waals surface area contributed by atoms with Gasteiger partial charge in [0.25, 0.3) is 0 Å². The number of fused-ring (bicyclic) bond motifs is 1. The van der Waals surface area contributed by atoms with E-state index in [9.17, 15) is 13.2 Å². The summed E-state index contributed by atoms with van der Waals surface area (Å²) >= 11 is 1.36. The summed E-state index contributed by atoms with van der Waals surface area (Å²) in [5.74, 6) is -1.08. The van der Waals surface area contributed by atoms with Gasteiger partial charge in [-0.05, 0) is 18.9 Å². The number of carboxylic acid groups (broad SMARTS) is 1. The molecule has 1 aromatic heterocycles. The third-order valence-corrected chi connectivity index (χ3v) is 6.58. The van der Waals surface area contributed by atoms with E-state index in [1.807, 2.05) is 12.1 Å². The number of carbonyl (C=O) groups is 1. The summed E-state index contributed by atoms with van der Waals surface area (Å²) in [4.78, 5) is 11.4. The van der Waals surface area contributed by atoms with Crippen LogP contribution in [0.25, 0.3) is 10.1 Å². The number of carboxylic acids is 1. The molecule has 0 radical (unpaired) electrons. The van der Waals surface area contributed by atoms with Gasteiger partial charge in [0.05, 0.1) is 0 Å². The molecule has 1 fully saturated rings. The summed E-state index contributed by atoms with van der Waals surface area (Å²) in [6, 6.07) is 6.30. The van der Waals surface area contributed by atoms with Crippen molar-refractivity contribution in [2.45, 2.75) is 23.8 Å². The zero-order chi connectivity index (χ0) is 14.3. The van der Waals surface area contributed by atoms with E-state index in [-0.39, 0.29) is 11.4 Å². The lowest BCUT2D eigenvalue weighted by atomic mass is 10.2. The summed E-state index contributed by atoms with van der Waals surface area (Å²) in [7, 11) is -3.75. The Kier molecular flexibility index (Phi) is 3.27. The van der Waals surface area contributed by atoms with Gasteiger partial charge in [0.2, 0.25) is 10.0 Å². The van der Waals surface area contributed by atoms with E-state index in [2.05, 4.69) is 0 Å². The topological polar surface area (TPSA) is 74.7 Å². The Morgan fingerprint density at radius 2 is 2.10 bits per heavy atom. The number of aliphatic carboxylic acids is 1. The first-order valence-corrected chi connectivity index (χ1v) is 8.54. The molecule has 1 aliphatic rings. The van der Waals surface area contributed by atoms with E-state index in [0.717, 1.165) is 9.01 Å². The monoisotopic (exact) mass is 311 g/mol. The van der Waals surface area contributed by atoms with Gasteiger partial charge in [-0.15, -0.1) is 11.3 Å². The summed E-state index contributed by atoms with van der Waals surface area (Å²) < 4.78 is 27.4. The predicted molar refractivity (Wildman–Crippen MR) is 76.4 cm³/mol. The van der Waals surface area contributed by atoms with Crippen molar-refractivity contribution in [1.82, 2.24) is 4.31 Å². The van der Waals surface area contributed by atoms with E-state index in [4.69, 9.17) is 5.11 Å². The van der Waals surface area contributed by atoms with Crippen molar-refractivity contribution in [2.24, 2.45) is 0 Å². The summed E-state index contributed by atoms with van der Waals surface area (Å²) in [5, 5.41) is 11.4. The van der Waals surface area contributed by atoms with Crippen LogP contribution in [0.3, 0.4) is 0 Å². The molecule has 1 saturated heterocycles. The van der Waals surface area contributed by atoms with Gasteiger partial charge < -0.3 is 5.11 Å². The second kappa shape index (κ2) is 4.83. The predicted octanol–water partition coefficient (Wildman–Crippen LogP) is 2.14. The Balaban J connectivity index is 2.10. The molecule has 2 aromatic rings. The smallest absolute Gasteiger partial charge is 0.322 e. The molecule has 1 aliphatic heterocycles. The third kappa shape index (κ3) is 2.02. The Morgan fingerprint density at radius 1 is 1.35 bits per heavy atom. The molecule has 0 aliphatic carbocycles. The Morgan fingerprint density at radius 3 is 2.85 bits per heavy atom. The lowest BCUT2D eigenvalue weighted by molar-refractivity contribution is -0.140. The van der Waals surface area contributed by atoms with Crippen molar-refractivity contribution in [2.75, 3.05) is 6.54 Å². The SMILES string of the molecule is O=C(O)[C@@H]1CCCN1S(=O)(=O)c1csc2ccccc12. The van der Waals surface area contributed by atoms with Gasteiger partial charge in [0.1, 0.15) is 10.9 Å². The number of hydrogen-bond donors (Lipinski definition) is 1. The van der Waals surface area contributed by atoms with Gasteiger partial charge in [-0.3, -0.25) is 4.79 Å². The number of sulfonamides is 1. The van der Waals surface area contributed by atoms with E-state index in [1.54, 1.807) is 17.5 Å². The number of hydrogen-bond acceptors (Lipinski definition) is 4. The quantitative estimate of drug-likeness (QED) is 0.942. The van der Waals surface area contributed by atoms with Crippen LogP contribution in [0.5, 0.6) is 0 Å². The third-order valence-electron chi connectivity index (χ3n) is 3.52. The number of nitrogens with zero attached hydrogens (tertiary/aromatic N) is 1. The molecule has 0 unspecified atom stereocenters. The summed E-state index contributed by atoms with van der Waals surface area (Å²) in [6.07, 6.45) is 0.953. The van der Waals surface area contributed by atoms with Gasteiger partial charge in [-0.1, -0.05) is 18.2 Å². The lowest BCUT2D eigenvalue weighted by Gasteiger charge is -2.20. The molecule has 0 saturated carbocycles. The molecule has 0 amide bonds. The molecular formula is C13H13NO4S2. The summed E-state index contributed by atoms with van der Waals surface area (Å²) in [5.41, 5.74) is 0. The minimum Gasteiger partial charge on any atom is -0.480 e. The molecule has 1 atom stereocenters. The second-order valence-corrected chi connectivity index (χ2v) is 7.48. The first-order chi connectivity index (χ1) is 9.51. The maximum atomic E-state index is 12.7. The number of thiophene rings is 1. The average molecular weight is 311 g/mol. The van der Waals surface area contributed by atoms with Gasteiger partial charge in [0, 0.05) is 22.0 Å². The van der Waals surface area contributed by atoms with E-state index in [1.165, 1.54) is 11.3 Å². The van der Waals surface area contributed by atoms with Crippen molar-refractivity contribution in [3.63, 3.8) is 0 Å². The molecule has 5 nitrogen and oxygen atoms in total. The Bertz CT molecular complexity index is 766. The molecule has 0 bridgehead atoms. The van der Waals surface area contributed by atoms with Crippen LogP contribution in [0.4, 0.5) is 0 Å². The maximum Gasteiger partial charge on any atom is 0.322 e. The van der Waals surface area contributed by atoms with Crippen molar-refractivity contribution in [1.29, 1.82) is 0 Å². The van der Waals surface area contributed by atoms with Gasteiger partial charge >= 0.3 is 5.97 Å². The van der Waals surface area contributed by atoms with Crippen LogP contribution in [-0.2, 0) is 14.8 Å². The van der Waals surface area contributed by atoms with E-state index in [0.29, 0.717) is 18.2 Å². The van der Waals surface area contributed by atoms with Crippen molar-refractivity contribution in [3.05, 3.63) is 29.6 Å². The molecule has 0 spiro atoms. The summed E-state index contributed by atoms with van der Waals surface area (Å²) in [6.45, 7) is 0.267. The fourth-order valence-electron chi connectivity index (χ4n) is 2.55. The first kappa shape index (κ1) is 13.5. The molecule has 1 aromatic carbocycles. The van der Waals surface area contributed by atoms with Crippen LogP contribution in [0, 0.1) is 0 Å². The van der Waals surface area contributed by atoms with Crippen LogP contribution < -0.4 is 0 Å². The van der Waals surface area contributed by atoms with Gasteiger partial charge in [0.15, 0.2) is 0 Å². The highest BCUT2D eigenvalue weighted by Crippen LogP contribution is 2.34. The zero-order valence-corrected chi connectivity index (χ0v) is 12.2. The lowest BCUT2D eigenvalue weighted by Crippen LogP contribution is -2.40. The maximum absolute atomic E-state index is 12.7. The van der Waals surface area contributed by atoms with Gasteiger partial charge in [-0.25, -0.2) is 8.42 Å². The van der Waals surface area contributed by atoms with Crippen molar-refractivity contribution < 1.29 is 18.3 Å². The molecule has 3 rings (SSSR count). The van der Waals surface area contributed by atoms with Crippen LogP contribution in [0.15, 0.2) is 34.5 Å². The minimum absolute atomic E-state index is 0.214. The van der Waals surface area contributed by atoms with Crippen LogP contribution >= 0.6 is 11.3 Å². The highest BCUT2D eigenvalue weighted by molar-refractivity contribution is 7.89. The van der Waals surface area contributed by atoms with E-state index < -0.39 is 22.0 Å². The molecule has 20 heavy (non-hydrogen) atoms. The largest absolute Gasteiger partial charge is 0.480 e. The fourth-order valence-corrected chi connectivity index (χ4v) is 5.68. The highest BCUT2D eigenvalue weighted by atomic mass is 32.2. The number of rotatable bonds is 3. The molecule has 7 heteroatoms. The second-order valence-electron chi connectivity index (χ2n) is 4.71. The van der Waals surface area contributed by atoms with E-state index >= 15 is 0 Å².